The molecule has 0 radical (unpaired) electrons. The van der Waals surface area contributed by atoms with Crippen molar-refractivity contribution >= 4 is 5.69 Å². The van der Waals surface area contributed by atoms with Crippen LogP contribution in [0.1, 0.15) is 12.8 Å². The second kappa shape index (κ2) is 6.73. The van der Waals surface area contributed by atoms with E-state index in [2.05, 4.69) is 15.1 Å². The summed E-state index contributed by atoms with van der Waals surface area (Å²) in [5.41, 5.74) is 0.701. The summed E-state index contributed by atoms with van der Waals surface area (Å²) in [6.45, 7) is 4.56. The summed E-state index contributed by atoms with van der Waals surface area (Å²) in [4.78, 5) is 4.46. The van der Waals surface area contributed by atoms with Gasteiger partial charge in [-0.15, -0.1) is 0 Å². The third kappa shape index (κ3) is 3.93. The number of hydrogen-bond donors (Lipinski definition) is 2. The van der Waals surface area contributed by atoms with Gasteiger partial charge >= 0.3 is 0 Å². The van der Waals surface area contributed by atoms with Gasteiger partial charge in [-0.25, -0.2) is 4.39 Å². The first-order chi connectivity index (χ1) is 10.3. The summed E-state index contributed by atoms with van der Waals surface area (Å²) < 4.78 is 13.8. The molecule has 4 nitrogen and oxygen atoms in total. The van der Waals surface area contributed by atoms with Crippen LogP contribution in [0.5, 0.6) is 0 Å². The van der Waals surface area contributed by atoms with E-state index < -0.39 is 0 Å². The molecule has 1 saturated heterocycles. The quantitative estimate of drug-likeness (QED) is 0.823. The van der Waals surface area contributed by atoms with Crippen molar-refractivity contribution in [1.29, 1.82) is 0 Å². The van der Waals surface area contributed by atoms with Crippen molar-refractivity contribution < 1.29 is 9.50 Å². The van der Waals surface area contributed by atoms with E-state index in [0.29, 0.717) is 11.7 Å². The van der Waals surface area contributed by atoms with Gasteiger partial charge in [-0.2, -0.15) is 0 Å². The van der Waals surface area contributed by atoms with Gasteiger partial charge in [0, 0.05) is 44.8 Å². The first-order valence-corrected chi connectivity index (χ1v) is 7.85. The minimum atomic E-state index is -0.144. The summed E-state index contributed by atoms with van der Waals surface area (Å²) in [5.74, 6) is -0.144. The molecule has 1 heterocycles. The highest BCUT2D eigenvalue weighted by molar-refractivity contribution is 5.47. The molecule has 2 aliphatic rings. The number of nitrogens with zero attached hydrogens (tertiary/aromatic N) is 2. The van der Waals surface area contributed by atoms with Gasteiger partial charge in [-0.05, 0) is 25.0 Å². The van der Waals surface area contributed by atoms with E-state index in [0.717, 1.165) is 32.7 Å². The lowest BCUT2D eigenvalue weighted by Gasteiger charge is -2.37. The van der Waals surface area contributed by atoms with Crippen LogP contribution in [0.25, 0.3) is 0 Å². The molecular weight excluding hydrogens is 269 g/mol. The number of nitrogens with one attached hydrogen (secondary N) is 1. The lowest BCUT2D eigenvalue weighted by Crippen LogP contribution is -2.52. The minimum Gasteiger partial charge on any atom is -0.395 e. The van der Waals surface area contributed by atoms with Gasteiger partial charge in [-0.1, -0.05) is 12.1 Å². The van der Waals surface area contributed by atoms with Crippen molar-refractivity contribution in [2.24, 2.45) is 0 Å². The molecule has 21 heavy (non-hydrogen) atoms. The second-order valence-electron chi connectivity index (χ2n) is 6.06. The van der Waals surface area contributed by atoms with Crippen LogP contribution in [0.2, 0.25) is 0 Å². The molecule has 1 aliphatic heterocycles. The van der Waals surface area contributed by atoms with Crippen molar-refractivity contribution in [2.75, 3.05) is 44.2 Å². The van der Waals surface area contributed by atoms with Gasteiger partial charge in [0.25, 0.3) is 0 Å². The minimum absolute atomic E-state index is 0.144. The molecule has 0 amide bonds. The molecule has 1 aliphatic carbocycles. The third-order valence-corrected chi connectivity index (χ3v) is 4.31. The molecule has 1 atom stereocenters. The highest BCUT2D eigenvalue weighted by Gasteiger charge is 2.26. The monoisotopic (exact) mass is 293 g/mol. The molecule has 1 unspecified atom stereocenters. The standard InChI is InChI=1S/C16H24FN3O/c17-15-3-1-2-4-16(15)20-9-7-19(8-10-20)11-14(12-21)18-13-5-6-13/h1-4,13-14,18,21H,5-12H2. The van der Waals surface area contributed by atoms with Crippen molar-refractivity contribution in [3.63, 3.8) is 0 Å². The Morgan fingerprint density at radius 2 is 1.90 bits per heavy atom. The summed E-state index contributed by atoms with van der Waals surface area (Å²) in [6.07, 6.45) is 2.47. The Labute approximate surface area is 125 Å². The Bertz CT molecular complexity index is 459. The van der Waals surface area contributed by atoms with Crippen molar-refractivity contribution in [1.82, 2.24) is 10.2 Å². The fourth-order valence-corrected chi connectivity index (χ4v) is 2.94. The number of para-hydroxylation sites is 1. The van der Waals surface area contributed by atoms with Crippen LogP contribution in [0, 0.1) is 5.82 Å². The normalized spacial score (nSPS) is 21.5. The average molecular weight is 293 g/mol. The summed E-state index contributed by atoms with van der Waals surface area (Å²) in [5, 5.41) is 12.9. The Hall–Kier alpha value is -1.17. The Morgan fingerprint density at radius 1 is 1.19 bits per heavy atom. The number of aliphatic hydroxyl groups excluding tert-OH is 1. The molecule has 0 spiro atoms. The van der Waals surface area contributed by atoms with E-state index in [1.165, 1.54) is 18.9 Å². The van der Waals surface area contributed by atoms with E-state index in [4.69, 9.17) is 0 Å². The van der Waals surface area contributed by atoms with Gasteiger partial charge in [0.05, 0.1) is 12.3 Å². The van der Waals surface area contributed by atoms with E-state index in [9.17, 15) is 9.50 Å². The van der Waals surface area contributed by atoms with Gasteiger partial charge in [-0.3, -0.25) is 4.90 Å². The number of hydrogen-bond acceptors (Lipinski definition) is 4. The number of benzene rings is 1. The molecule has 1 aromatic rings. The van der Waals surface area contributed by atoms with Crippen molar-refractivity contribution in [2.45, 2.75) is 24.9 Å². The number of halogens is 1. The zero-order valence-corrected chi connectivity index (χ0v) is 12.3. The van der Waals surface area contributed by atoms with Crippen LogP contribution in [0.3, 0.4) is 0 Å². The topological polar surface area (TPSA) is 38.7 Å². The Balaban J connectivity index is 1.49. The molecule has 0 aromatic heterocycles. The summed E-state index contributed by atoms with van der Waals surface area (Å²) in [7, 11) is 0. The zero-order chi connectivity index (χ0) is 14.7. The number of anilines is 1. The van der Waals surface area contributed by atoms with Gasteiger partial charge < -0.3 is 15.3 Å². The number of aliphatic hydroxyl groups is 1. The lowest BCUT2D eigenvalue weighted by molar-refractivity contribution is 0.174. The molecule has 2 N–H and O–H groups in total. The van der Waals surface area contributed by atoms with Crippen LogP contribution < -0.4 is 10.2 Å². The smallest absolute Gasteiger partial charge is 0.146 e. The second-order valence-corrected chi connectivity index (χ2v) is 6.06. The highest BCUT2D eigenvalue weighted by Crippen LogP contribution is 2.21. The fraction of sp³-hybridized carbons (Fsp3) is 0.625. The van der Waals surface area contributed by atoms with Crippen LogP contribution >= 0.6 is 0 Å². The van der Waals surface area contributed by atoms with Crippen LogP contribution in [0.15, 0.2) is 24.3 Å². The maximum absolute atomic E-state index is 13.8. The summed E-state index contributed by atoms with van der Waals surface area (Å²) >= 11 is 0. The maximum Gasteiger partial charge on any atom is 0.146 e. The van der Waals surface area contributed by atoms with E-state index in [-0.39, 0.29) is 18.5 Å². The van der Waals surface area contributed by atoms with Crippen LogP contribution in [-0.2, 0) is 0 Å². The molecule has 0 bridgehead atoms. The van der Waals surface area contributed by atoms with Gasteiger partial charge in [0.2, 0.25) is 0 Å². The molecule has 5 heteroatoms. The lowest BCUT2D eigenvalue weighted by atomic mass is 10.2. The predicted molar refractivity (Wildman–Crippen MR) is 82.1 cm³/mol. The molecule has 1 saturated carbocycles. The fourth-order valence-electron chi connectivity index (χ4n) is 2.94. The maximum atomic E-state index is 13.8. The average Bonchev–Trinajstić information content (AvgIpc) is 3.32. The van der Waals surface area contributed by atoms with Crippen LogP contribution in [-0.4, -0.2) is 61.4 Å². The van der Waals surface area contributed by atoms with Crippen molar-refractivity contribution in [3.8, 4) is 0 Å². The number of rotatable bonds is 6. The van der Waals surface area contributed by atoms with E-state index in [1.54, 1.807) is 6.07 Å². The zero-order valence-electron chi connectivity index (χ0n) is 12.3. The molecule has 3 rings (SSSR count). The SMILES string of the molecule is OCC(CN1CCN(c2ccccc2F)CC1)NC1CC1. The van der Waals surface area contributed by atoms with Gasteiger partial charge in [0.1, 0.15) is 5.82 Å². The molecule has 1 aromatic carbocycles. The molecule has 2 fully saturated rings. The largest absolute Gasteiger partial charge is 0.395 e. The first kappa shape index (κ1) is 14.8. The molecular formula is C16H24FN3O. The van der Waals surface area contributed by atoms with Gasteiger partial charge in [0.15, 0.2) is 0 Å². The van der Waals surface area contributed by atoms with E-state index >= 15 is 0 Å². The first-order valence-electron chi connectivity index (χ1n) is 7.85. The van der Waals surface area contributed by atoms with E-state index in [1.807, 2.05) is 12.1 Å². The Kier molecular flexibility index (Phi) is 4.73. The van der Waals surface area contributed by atoms with Crippen molar-refractivity contribution in [3.05, 3.63) is 30.1 Å². The molecule has 116 valence electrons. The predicted octanol–water partition coefficient (Wildman–Crippen LogP) is 1.06. The number of piperazine rings is 1. The summed E-state index contributed by atoms with van der Waals surface area (Å²) in [6, 6.07) is 7.75. The third-order valence-electron chi connectivity index (χ3n) is 4.31. The Morgan fingerprint density at radius 3 is 2.52 bits per heavy atom. The highest BCUT2D eigenvalue weighted by atomic mass is 19.1. The van der Waals surface area contributed by atoms with Crippen LogP contribution in [0.4, 0.5) is 10.1 Å².